The molecule has 0 bridgehead atoms. The largest absolute Gasteiger partial charge is 0.502 e. The van der Waals surface area contributed by atoms with Crippen LogP contribution in [-0.4, -0.2) is 24.9 Å². The number of benzene rings is 2. The van der Waals surface area contributed by atoms with Crippen LogP contribution >= 0.6 is 11.8 Å². The molecule has 2 heterocycles. The van der Waals surface area contributed by atoms with Crippen LogP contribution in [0.3, 0.4) is 0 Å². The van der Waals surface area contributed by atoms with E-state index < -0.39 is 23.1 Å². The minimum Gasteiger partial charge on any atom is -0.502 e. The van der Waals surface area contributed by atoms with Gasteiger partial charge < -0.3 is 19.3 Å². The summed E-state index contributed by atoms with van der Waals surface area (Å²) in [6.45, 7) is 0.00854. The van der Waals surface area contributed by atoms with Crippen LogP contribution < -0.4 is 10.7 Å². The Bertz CT molecular complexity index is 1150. The monoisotopic (exact) mass is 425 g/mol. The lowest BCUT2D eigenvalue weighted by atomic mass is 10.1. The molecule has 2 aromatic carbocycles. The van der Waals surface area contributed by atoms with E-state index in [1.54, 1.807) is 0 Å². The van der Waals surface area contributed by atoms with Gasteiger partial charge in [0.05, 0.1) is 11.5 Å². The molecule has 0 saturated carbocycles. The lowest BCUT2D eigenvalue weighted by Gasteiger charge is -2.17. The molecule has 0 aliphatic rings. The molecule has 1 unspecified atom stereocenters. The molecule has 0 radical (unpaired) electrons. The second-order valence-corrected chi connectivity index (χ2v) is 7.95. The molecule has 5 nitrogen and oxygen atoms in total. The summed E-state index contributed by atoms with van der Waals surface area (Å²) in [7, 11) is 0. The van der Waals surface area contributed by atoms with Crippen molar-refractivity contribution in [1.29, 1.82) is 0 Å². The van der Waals surface area contributed by atoms with Gasteiger partial charge in [0.25, 0.3) is 0 Å². The highest BCUT2D eigenvalue weighted by molar-refractivity contribution is 7.99. The molecule has 30 heavy (non-hydrogen) atoms. The van der Waals surface area contributed by atoms with Crippen LogP contribution in [0.2, 0.25) is 0 Å². The Labute approximate surface area is 176 Å². The predicted octanol–water partition coefficient (Wildman–Crippen LogP) is 5.15. The van der Waals surface area contributed by atoms with E-state index in [9.17, 15) is 14.3 Å². The highest BCUT2D eigenvalue weighted by atomic mass is 32.2. The zero-order valence-corrected chi connectivity index (χ0v) is 16.8. The van der Waals surface area contributed by atoms with E-state index >= 15 is 0 Å². The Hall–Kier alpha value is -3.03. The van der Waals surface area contributed by atoms with E-state index in [2.05, 4.69) is 5.32 Å². The van der Waals surface area contributed by atoms with Crippen molar-refractivity contribution in [1.82, 2.24) is 5.32 Å². The van der Waals surface area contributed by atoms with Gasteiger partial charge in [0.15, 0.2) is 5.76 Å². The van der Waals surface area contributed by atoms with Crippen molar-refractivity contribution in [3.05, 3.63) is 82.9 Å². The summed E-state index contributed by atoms with van der Waals surface area (Å²) in [5.74, 6) is 0.525. The third-order valence-corrected chi connectivity index (χ3v) is 5.83. The van der Waals surface area contributed by atoms with Crippen LogP contribution in [-0.2, 0) is 0 Å². The summed E-state index contributed by atoms with van der Waals surface area (Å²) >= 11 is 1.42. The van der Waals surface area contributed by atoms with Crippen molar-refractivity contribution in [2.24, 2.45) is 0 Å². The van der Waals surface area contributed by atoms with Gasteiger partial charge in [-0.25, -0.2) is 4.39 Å². The van der Waals surface area contributed by atoms with Gasteiger partial charge in [0.2, 0.25) is 11.2 Å². The van der Waals surface area contributed by atoms with Gasteiger partial charge in [0.1, 0.15) is 18.0 Å². The molecule has 1 atom stereocenters. The van der Waals surface area contributed by atoms with Crippen molar-refractivity contribution < 1.29 is 18.3 Å². The number of thioether (sulfide) groups is 1. The Kier molecular flexibility index (Phi) is 6.21. The quantitative estimate of drug-likeness (QED) is 0.300. The lowest BCUT2D eigenvalue weighted by molar-refractivity contribution is 0.391. The fourth-order valence-electron chi connectivity index (χ4n) is 3.13. The molecule has 4 rings (SSSR count). The first-order valence-electron chi connectivity index (χ1n) is 9.48. The maximum atomic E-state index is 12.5. The molecule has 2 aromatic heterocycles. The minimum absolute atomic E-state index is 0.167. The standard InChI is InChI=1S/C23H20FNO4S/c24-10-11-25-14-21(23-22(27)18(26)9-12-28-23)30-17-7-5-15(6-8-17)20-13-16-3-1-2-4-19(16)29-20/h1-9,12-13,21,25,27H,10-11,14H2. The van der Waals surface area contributed by atoms with Gasteiger partial charge in [-0.15, -0.1) is 11.8 Å². The average Bonchev–Trinajstić information content (AvgIpc) is 3.20. The Morgan fingerprint density at radius 3 is 2.67 bits per heavy atom. The smallest absolute Gasteiger partial charge is 0.226 e. The van der Waals surface area contributed by atoms with Gasteiger partial charge in [-0.05, 0) is 24.3 Å². The number of nitrogens with one attached hydrogen (secondary N) is 1. The predicted molar refractivity (Wildman–Crippen MR) is 116 cm³/mol. The van der Waals surface area contributed by atoms with Crippen LogP contribution in [0.1, 0.15) is 11.0 Å². The fraction of sp³-hybridized carbons (Fsp3) is 0.174. The minimum atomic E-state index is -0.507. The van der Waals surface area contributed by atoms with Crippen molar-refractivity contribution in [3.63, 3.8) is 0 Å². The van der Waals surface area contributed by atoms with Gasteiger partial charge in [0, 0.05) is 35.0 Å². The molecule has 0 saturated heterocycles. The zero-order valence-electron chi connectivity index (χ0n) is 16.0. The summed E-state index contributed by atoms with van der Waals surface area (Å²) in [5.41, 5.74) is 1.27. The van der Waals surface area contributed by atoms with E-state index in [0.29, 0.717) is 6.54 Å². The molecular formula is C23H20FNO4S. The SMILES string of the molecule is O=c1ccoc(C(CNCCF)Sc2ccc(-c3cc4ccccc4o3)cc2)c1O. The van der Waals surface area contributed by atoms with E-state index in [-0.39, 0.29) is 12.3 Å². The number of furan rings is 1. The Morgan fingerprint density at radius 2 is 1.90 bits per heavy atom. The first-order valence-corrected chi connectivity index (χ1v) is 10.4. The van der Waals surface area contributed by atoms with Crippen molar-refractivity contribution >= 4 is 22.7 Å². The number of halogens is 1. The maximum absolute atomic E-state index is 12.5. The van der Waals surface area contributed by atoms with Crippen LogP contribution in [0, 0.1) is 0 Å². The Morgan fingerprint density at radius 1 is 1.10 bits per heavy atom. The van der Waals surface area contributed by atoms with Crippen LogP contribution in [0.4, 0.5) is 4.39 Å². The van der Waals surface area contributed by atoms with Gasteiger partial charge in [-0.3, -0.25) is 4.79 Å². The summed E-state index contributed by atoms with van der Waals surface area (Å²) in [5, 5.41) is 13.7. The second kappa shape index (κ2) is 9.19. The van der Waals surface area contributed by atoms with Crippen LogP contribution in [0.5, 0.6) is 5.75 Å². The number of alkyl halides is 1. The number of hydrogen-bond acceptors (Lipinski definition) is 6. The molecular weight excluding hydrogens is 405 g/mol. The number of rotatable bonds is 8. The first kappa shape index (κ1) is 20.3. The number of aromatic hydroxyl groups is 1. The van der Waals surface area contributed by atoms with Crippen LogP contribution in [0.25, 0.3) is 22.3 Å². The fourth-order valence-corrected chi connectivity index (χ4v) is 4.22. The summed E-state index contributed by atoms with van der Waals surface area (Å²) in [6.07, 6.45) is 1.25. The highest BCUT2D eigenvalue weighted by Gasteiger charge is 2.21. The molecule has 0 fully saturated rings. The number of fused-ring (bicyclic) bond motifs is 1. The molecule has 0 amide bonds. The zero-order chi connectivity index (χ0) is 20.9. The molecule has 0 aliphatic carbocycles. The van der Waals surface area contributed by atoms with Crippen LogP contribution in [0.15, 0.2) is 85.5 Å². The normalized spacial score (nSPS) is 12.3. The van der Waals surface area contributed by atoms with E-state index in [1.807, 2.05) is 54.6 Å². The lowest BCUT2D eigenvalue weighted by Crippen LogP contribution is -2.23. The maximum Gasteiger partial charge on any atom is 0.226 e. The summed E-state index contributed by atoms with van der Waals surface area (Å²) < 4.78 is 23.8. The summed E-state index contributed by atoms with van der Waals surface area (Å²) in [6, 6.07) is 18.8. The molecule has 0 aliphatic heterocycles. The summed E-state index contributed by atoms with van der Waals surface area (Å²) in [4.78, 5) is 12.7. The molecule has 7 heteroatoms. The highest BCUT2D eigenvalue weighted by Crippen LogP contribution is 2.38. The number of hydrogen-bond donors (Lipinski definition) is 2. The molecule has 0 spiro atoms. The van der Waals surface area contributed by atoms with Crippen molar-refractivity contribution in [3.8, 4) is 17.1 Å². The number of para-hydroxylation sites is 1. The van der Waals surface area contributed by atoms with E-state index in [0.717, 1.165) is 33.3 Å². The molecule has 154 valence electrons. The van der Waals surface area contributed by atoms with E-state index in [1.165, 1.54) is 18.0 Å². The first-order chi connectivity index (χ1) is 14.7. The Balaban J connectivity index is 1.56. The third-order valence-electron chi connectivity index (χ3n) is 4.62. The third kappa shape index (κ3) is 4.42. The van der Waals surface area contributed by atoms with Gasteiger partial charge >= 0.3 is 0 Å². The van der Waals surface area contributed by atoms with Gasteiger partial charge in [-0.1, -0.05) is 30.3 Å². The van der Waals surface area contributed by atoms with Gasteiger partial charge in [-0.2, -0.15) is 0 Å². The average molecular weight is 425 g/mol. The van der Waals surface area contributed by atoms with Crippen molar-refractivity contribution in [2.45, 2.75) is 10.1 Å². The topological polar surface area (TPSA) is 75.6 Å². The second-order valence-electron chi connectivity index (χ2n) is 6.67. The van der Waals surface area contributed by atoms with Crippen molar-refractivity contribution in [2.75, 3.05) is 19.8 Å². The molecule has 4 aromatic rings. The van der Waals surface area contributed by atoms with E-state index in [4.69, 9.17) is 8.83 Å². The molecule has 2 N–H and O–H groups in total.